The number of rotatable bonds is 4. The average Bonchev–Trinajstić information content (AvgIpc) is 2.42. The second kappa shape index (κ2) is 6.17. The molecule has 0 spiro atoms. The van der Waals surface area contributed by atoms with E-state index in [1.54, 1.807) is 6.07 Å². The van der Waals surface area contributed by atoms with Crippen molar-refractivity contribution in [3.63, 3.8) is 0 Å². The van der Waals surface area contributed by atoms with Gasteiger partial charge in [-0.15, -0.1) is 0 Å². The van der Waals surface area contributed by atoms with E-state index in [0.29, 0.717) is 21.7 Å². The van der Waals surface area contributed by atoms with Gasteiger partial charge in [-0.1, -0.05) is 35.3 Å². The third-order valence-electron chi connectivity index (χ3n) is 2.71. The maximum atomic E-state index is 6.15. The molecular weight excluding hydrogens is 297 g/mol. The molecule has 0 aliphatic rings. The molecule has 0 aliphatic carbocycles. The highest BCUT2D eigenvalue weighted by Gasteiger charge is 2.11. The molecule has 0 saturated heterocycles. The first-order chi connectivity index (χ1) is 9.52. The van der Waals surface area contributed by atoms with Crippen LogP contribution in [0.3, 0.4) is 0 Å². The minimum atomic E-state index is 0.362. The predicted octanol–water partition coefficient (Wildman–Crippen LogP) is 3.48. The highest BCUT2D eigenvalue weighted by Crippen LogP contribution is 2.33. The maximum Gasteiger partial charge on any atom is 0.161 e. The van der Waals surface area contributed by atoms with Crippen LogP contribution in [0.15, 0.2) is 30.3 Å². The lowest BCUT2D eigenvalue weighted by atomic mass is 10.2. The number of nitrogen functional groups attached to an aromatic ring is 1. The summed E-state index contributed by atoms with van der Waals surface area (Å²) in [7, 11) is 3.93. The zero-order valence-electron chi connectivity index (χ0n) is 11.1. The lowest BCUT2D eigenvalue weighted by molar-refractivity contribution is 1.13. The van der Waals surface area contributed by atoms with Gasteiger partial charge < -0.3 is 15.6 Å². The lowest BCUT2D eigenvalue weighted by Gasteiger charge is -2.18. The highest BCUT2D eigenvalue weighted by atomic mass is 35.5. The van der Waals surface area contributed by atoms with Crippen LogP contribution in [0.1, 0.15) is 0 Å². The van der Waals surface area contributed by atoms with E-state index in [-0.39, 0.29) is 0 Å². The lowest BCUT2D eigenvalue weighted by Crippen LogP contribution is -2.12. The molecule has 4 N–H and O–H groups in total. The number of anilines is 4. The molecule has 5 nitrogen and oxygen atoms in total. The number of para-hydroxylation sites is 2. The predicted molar refractivity (Wildman–Crippen MR) is 86.1 cm³/mol. The van der Waals surface area contributed by atoms with Gasteiger partial charge in [-0.25, -0.2) is 10.8 Å². The summed E-state index contributed by atoms with van der Waals surface area (Å²) in [5.41, 5.74) is 4.34. The molecule has 0 atom stereocenters. The monoisotopic (exact) mass is 311 g/mol. The number of hydrogen-bond acceptors (Lipinski definition) is 5. The molecule has 1 aromatic heterocycles. The number of halogens is 2. The van der Waals surface area contributed by atoms with Gasteiger partial charge >= 0.3 is 0 Å². The van der Waals surface area contributed by atoms with Crippen molar-refractivity contribution < 1.29 is 0 Å². The van der Waals surface area contributed by atoms with Gasteiger partial charge in [0.25, 0.3) is 0 Å². The Morgan fingerprint density at radius 2 is 1.75 bits per heavy atom. The van der Waals surface area contributed by atoms with E-state index in [1.807, 2.05) is 43.3 Å². The maximum absolute atomic E-state index is 6.15. The fraction of sp³-hybridized carbons (Fsp3) is 0.154. The molecule has 0 bridgehead atoms. The second-order valence-electron chi connectivity index (χ2n) is 4.33. The summed E-state index contributed by atoms with van der Waals surface area (Å²) < 4.78 is 0. The molecule has 0 amide bonds. The Hall–Kier alpha value is -1.69. The molecule has 7 heteroatoms. The molecule has 0 fully saturated rings. The van der Waals surface area contributed by atoms with Crippen LogP contribution >= 0.6 is 23.2 Å². The normalized spacial score (nSPS) is 10.2. The largest absolute Gasteiger partial charge is 0.376 e. The first kappa shape index (κ1) is 14.7. The number of benzene rings is 1. The van der Waals surface area contributed by atoms with Crippen molar-refractivity contribution >= 4 is 46.2 Å². The minimum Gasteiger partial charge on any atom is -0.376 e. The van der Waals surface area contributed by atoms with Gasteiger partial charge in [0.05, 0.1) is 21.4 Å². The standard InChI is InChI=1S/C13H15Cl2N5/c1-20(2)11-6-4-3-5-10(11)17-12-8(14)7-9(15)13(18-12)19-16/h3-7H,16H2,1-2H3,(H2,17,18,19). The fourth-order valence-corrected chi connectivity index (χ4v) is 2.21. The van der Waals surface area contributed by atoms with E-state index >= 15 is 0 Å². The van der Waals surface area contributed by atoms with Crippen LogP contribution < -0.4 is 21.5 Å². The Balaban J connectivity index is 2.40. The molecule has 0 saturated carbocycles. The van der Waals surface area contributed by atoms with Crippen molar-refractivity contribution in [2.45, 2.75) is 0 Å². The van der Waals surface area contributed by atoms with Crippen LogP contribution in [0.2, 0.25) is 10.0 Å². The van der Waals surface area contributed by atoms with E-state index in [4.69, 9.17) is 29.0 Å². The third kappa shape index (κ3) is 3.07. The van der Waals surface area contributed by atoms with Crippen LogP contribution in [0.25, 0.3) is 0 Å². The number of nitrogens with one attached hydrogen (secondary N) is 2. The molecule has 2 aromatic rings. The number of hydrazine groups is 1. The summed E-state index contributed by atoms with van der Waals surface area (Å²) in [6.07, 6.45) is 0. The van der Waals surface area contributed by atoms with Gasteiger partial charge in [-0.2, -0.15) is 0 Å². The summed E-state index contributed by atoms with van der Waals surface area (Å²) in [5, 5.41) is 3.97. The molecule has 0 radical (unpaired) electrons. The SMILES string of the molecule is CN(C)c1ccccc1Nc1nc(NN)c(Cl)cc1Cl. The van der Waals surface area contributed by atoms with Crippen molar-refractivity contribution in [2.75, 3.05) is 29.7 Å². The molecule has 1 heterocycles. The Morgan fingerprint density at radius 3 is 2.40 bits per heavy atom. The summed E-state index contributed by atoms with van der Waals surface area (Å²) in [4.78, 5) is 6.25. The van der Waals surface area contributed by atoms with Crippen molar-refractivity contribution in [1.29, 1.82) is 0 Å². The van der Waals surface area contributed by atoms with Crippen LogP contribution in [-0.4, -0.2) is 19.1 Å². The van der Waals surface area contributed by atoms with Crippen LogP contribution in [0.4, 0.5) is 23.0 Å². The summed E-state index contributed by atoms with van der Waals surface area (Å²) in [6.45, 7) is 0. The Kier molecular flexibility index (Phi) is 4.54. The first-order valence-electron chi connectivity index (χ1n) is 5.89. The Bertz CT molecular complexity index is 616. The first-order valence-corrected chi connectivity index (χ1v) is 6.64. The summed E-state index contributed by atoms with van der Waals surface area (Å²) >= 11 is 12.1. The molecule has 106 valence electrons. The van der Waals surface area contributed by atoms with Gasteiger partial charge in [0, 0.05) is 14.1 Å². The van der Waals surface area contributed by atoms with Gasteiger partial charge in [0.15, 0.2) is 11.6 Å². The Labute approximate surface area is 127 Å². The minimum absolute atomic E-state index is 0.362. The molecule has 0 aliphatic heterocycles. The van der Waals surface area contributed by atoms with Gasteiger partial charge in [-0.3, -0.25) is 0 Å². The number of aromatic nitrogens is 1. The van der Waals surface area contributed by atoms with E-state index < -0.39 is 0 Å². The van der Waals surface area contributed by atoms with E-state index in [9.17, 15) is 0 Å². The average molecular weight is 312 g/mol. The van der Waals surface area contributed by atoms with Crippen molar-refractivity contribution in [3.05, 3.63) is 40.4 Å². The van der Waals surface area contributed by atoms with Crippen molar-refractivity contribution in [3.8, 4) is 0 Å². The van der Waals surface area contributed by atoms with Crippen LogP contribution in [0, 0.1) is 0 Å². The molecule has 20 heavy (non-hydrogen) atoms. The van der Waals surface area contributed by atoms with E-state index in [0.717, 1.165) is 11.4 Å². The summed E-state index contributed by atoms with van der Waals surface area (Å²) in [6, 6.07) is 9.42. The number of pyridine rings is 1. The smallest absolute Gasteiger partial charge is 0.161 e. The quantitative estimate of drug-likeness (QED) is 0.596. The molecule has 2 rings (SSSR count). The van der Waals surface area contributed by atoms with Crippen molar-refractivity contribution in [2.24, 2.45) is 5.84 Å². The number of hydrogen-bond donors (Lipinski definition) is 3. The molecular formula is C13H15Cl2N5. The molecule has 1 aromatic carbocycles. The highest BCUT2D eigenvalue weighted by molar-refractivity contribution is 6.37. The summed E-state index contributed by atoms with van der Waals surface area (Å²) in [5.74, 6) is 6.21. The zero-order chi connectivity index (χ0) is 14.7. The van der Waals surface area contributed by atoms with Gasteiger partial charge in [0.2, 0.25) is 0 Å². The molecule has 0 unspecified atom stereocenters. The topological polar surface area (TPSA) is 66.2 Å². The van der Waals surface area contributed by atoms with Gasteiger partial charge in [-0.05, 0) is 18.2 Å². The fourth-order valence-electron chi connectivity index (χ4n) is 1.75. The van der Waals surface area contributed by atoms with Crippen molar-refractivity contribution in [1.82, 2.24) is 4.98 Å². The van der Waals surface area contributed by atoms with E-state index in [2.05, 4.69) is 15.7 Å². The zero-order valence-corrected chi connectivity index (χ0v) is 12.6. The second-order valence-corrected chi connectivity index (χ2v) is 5.14. The number of nitrogens with two attached hydrogens (primary N) is 1. The van der Waals surface area contributed by atoms with Crippen LogP contribution in [0.5, 0.6) is 0 Å². The Morgan fingerprint density at radius 1 is 1.10 bits per heavy atom. The van der Waals surface area contributed by atoms with Crippen LogP contribution in [-0.2, 0) is 0 Å². The van der Waals surface area contributed by atoms with E-state index in [1.165, 1.54) is 0 Å². The third-order valence-corrected chi connectivity index (χ3v) is 3.28. The van der Waals surface area contributed by atoms with Gasteiger partial charge in [0.1, 0.15) is 0 Å². The number of nitrogens with zero attached hydrogens (tertiary/aromatic N) is 2.